The summed E-state index contributed by atoms with van der Waals surface area (Å²) < 4.78 is 0. The zero-order valence-electron chi connectivity index (χ0n) is 12.3. The van der Waals surface area contributed by atoms with Crippen molar-refractivity contribution in [3.8, 4) is 0 Å². The first kappa shape index (κ1) is 15.0. The number of aliphatic hydroxyl groups is 1. The van der Waals surface area contributed by atoms with Crippen molar-refractivity contribution in [2.45, 2.75) is 38.4 Å². The number of hydrogen-bond acceptors (Lipinski definition) is 4. The standard InChI is InChI=1S/C16H24N2O2/c1-3-7-14(19)11-18(2)12-15-10-16(17-20-15)13-8-5-4-6-9-13/h4-6,8-9,14-15,19H,3,7,10-12H2,1-2H3/t14-,15+/m0/s1. The summed E-state index contributed by atoms with van der Waals surface area (Å²) in [6.45, 7) is 3.57. The fourth-order valence-electron chi connectivity index (χ4n) is 2.53. The average molecular weight is 276 g/mol. The molecule has 1 N–H and O–H groups in total. The SMILES string of the molecule is CCC[C@H](O)CN(C)C[C@H]1CC(c2ccccc2)=NO1. The average Bonchev–Trinajstić information content (AvgIpc) is 2.88. The Kier molecular flexibility index (Phi) is 5.56. The highest BCUT2D eigenvalue weighted by Gasteiger charge is 2.23. The van der Waals surface area contributed by atoms with Crippen LogP contribution in [0.3, 0.4) is 0 Å². The molecule has 0 saturated heterocycles. The second-order valence-electron chi connectivity index (χ2n) is 5.50. The van der Waals surface area contributed by atoms with E-state index in [1.165, 1.54) is 0 Å². The minimum Gasteiger partial charge on any atom is -0.392 e. The molecule has 1 heterocycles. The zero-order chi connectivity index (χ0) is 14.4. The molecule has 1 aromatic carbocycles. The molecular weight excluding hydrogens is 252 g/mol. The number of aliphatic hydroxyl groups excluding tert-OH is 1. The maximum Gasteiger partial charge on any atom is 0.145 e. The normalized spacial score (nSPS) is 19.8. The topological polar surface area (TPSA) is 45.1 Å². The highest BCUT2D eigenvalue weighted by atomic mass is 16.6. The lowest BCUT2D eigenvalue weighted by molar-refractivity contribution is 0.0427. The van der Waals surface area contributed by atoms with Crippen molar-refractivity contribution >= 4 is 5.71 Å². The number of rotatable bonds is 7. The summed E-state index contributed by atoms with van der Waals surface area (Å²) in [5.74, 6) is 0. The van der Waals surface area contributed by atoms with Gasteiger partial charge in [-0.2, -0.15) is 0 Å². The molecule has 2 rings (SSSR count). The van der Waals surface area contributed by atoms with Gasteiger partial charge in [0.25, 0.3) is 0 Å². The van der Waals surface area contributed by atoms with Crippen LogP contribution in [0.25, 0.3) is 0 Å². The van der Waals surface area contributed by atoms with Gasteiger partial charge in [-0.15, -0.1) is 0 Å². The van der Waals surface area contributed by atoms with E-state index in [1.54, 1.807) is 0 Å². The van der Waals surface area contributed by atoms with E-state index < -0.39 is 0 Å². The van der Waals surface area contributed by atoms with E-state index in [0.717, 1.165) is 37.1 Å². The van der Waals surface area contributed by atoms with E-state index in [1.807, 2.05) is 25.2 Å². The van der Waals surface area contributed by atoms with Crippen LogP contribution in [0.5, 0.6) is 0 Å². The van der Waals surface area contributed by atoms with Gasteiger partial charge in [0.05, 0.1) is 11.8 Å². The molecule has 0 aromatic heterocycles. The highest BCUT2D eigenvalue weighted by molar-refractivity contribution is 6.01. The van der Waals surface area contributed by atoms with Crippen LogP contribution in [-0.4, -0.2) is 48.1 Å². The van der Waals surface area contributed by atoms with Crippen LogP contribution >= 0.6 is 0 Å². The first-order valence-corrected chi connectivity index (χ1v) is 7.33. The molecule has 2 atom stereocenters. The summed E-state index contributed by atoms with van der Waals surface area (Å²) in [6, 6.07) is 10.1. The van der Waals surface area contributed by atoms with E-state index in [9.17, 15) is 5.11 Å². The molecule has 0 radical (unpaired) electrons. The van der Waals surface area contributed by atoms with Crippen molar-refractivity contribution in [2.24, 2.45) is 5.16 Å². The largest absolute Gasteiger partial charge is 0.392 e. The van der Waals surface area contributed by atoms with Gasteiger partial charge in [-0.3, -0.25) is 0 Å². The van der Waals surface area contributed by atoms with Crippen LogP contribution in [0.4, 0.5) is 0 Å². The van der Waals surface area contributed by atoms with Crippen molar-refractivity contribution in [3.05, 3.63) is 35.9 Å². The van der Waals surface area contributed by atoms with Gasteiger partial charge in [0.2, 0.25) is 0 Å². The van der Waals surface area contributed by atoms with Crippen molar-refractivity contribution < 1.29 is 9.94 Å². The monoisotopic (exact) mass is 276 g/mol. The van der Waals surface area contributed by atoms with Crippen LogP contribution in [0.1, 0.15) is 31.7 Å². The van der Waals surface area contributed by atoms with Gasteiger partial charge in [-0.25, -0.2) is 0 Å². The third kappa shape index (κ3) is 4.32. The van der Waals surface area contributed by atoms with Crippen molar-refractivity contribution in [2.75, 3.05) is 20.1 Å². The molecule has 1 aromatic rings. The highest BCUT2D eigenvalue weighted by Crippen LogP contribution is 2.17. The smallest absolute Gasteiger partial charge is 0.145 e. The lowest BCUT2D eigenvalue weighted by Crippen LogP contribution is -2.35. The second kappa shape index (κ2) is 7.41. The summed E-state index contributed by atoms with van der Waals surface area (Å²) in [7, 11) is 2.02. The molecule has 1 aliphatic heterocycles. The summed E-state index contributed by atoms with van der Waals surface area (Å²) in [4.78, 5) is 7.62. The Labute approximate surface area is 121 Å². The van der Waals surface area contributed by atoms with Gasteiger partial charge >= 0.3 is 0 Å². The number of oxime groups is 1. The first-order chi connectivity index (χ1) is 9.69. The Bertz CT molecular complexity index is 433. The molecule has 0 unspecified atom stereocenters. The second-order valence-corrected chi connectivity index (χ2v) is 5.50. The molecular formula is C16H24N2O2. The van der Waals surface area contributed by atoms with Crippen molar-refractivity contribution in [1.82, 2.24) is 4.90 Å². The third-order valence-electron chi connectivity index (χ3n) is 3.50. The van der Waals surface area contributed by atoms with Gasteiger partial charge in [0.15, 0.2) is 0 Å². The first-order valence-electron chi connectivity index (χ1n) is 7.33. The Morgan fingerprint density at radius 3 is 2.85 bits per heavy atom. The fraction of sp³-hybridized carbons (Fsp3) is 0.562. The molecule has 0 aliphatic carbocycles. The van der Waals surface area contributed by atoms with Gasteiger partial charge < -0.3 is 14.8 Å². The van der Waals surface area contributed by atoms with Gasteiger partial charge in [0, 0.05) is 19.5 Å². The summed E-state index contributed by atoms with van der Waals surface area (Å²) in [5.41, 5.74) is 2.14. The van der Waals surface area contributed by atoms with Gasteiger partial charge in [-0.1, -0.05) is 48.8 Å². The van der Waals surface area contributed by atoms with Crippen molar-refractivity contribution in [1.29, 1.82) is 0 Å². The number of hydrogen-bond donors (Lipinski definition) is 1. The molecule has 1 aliphatic rings. The quantitative estimate of drug-likeness (QED) is 0.831. The Morgan fingerprint density at radius 2 is 2.15 bits per heavy atom. The minimum absolute atomic E-state index is 0.0871. The third-order valence-corrected chi connectivity index (χ3v) is 3.50. The van der Waals surface area contributed by atoms with Crippen LogP contribution in [0.15, 0.2) is 35.5 Å². The number of likely N-dealkylation sites (N-methyl/N-ethyl adjacent to an activating group) is 1. The molecule has 0 saturated carbocycles. The molecule has 0 amide bonds. The van der Waals surface area contributed by atoms with E-state index in [2.05, 4.69) is 29.1 Å². The molecule has 0 bridgehead atoms. The maximum atomic E-state index is 9.81. The van der Waals surface area contributed by atoms with Crippen molar-refractivity contribution in [3.63, 3.8) is 0 Å². The molecule has 0 spiro atoms. The van der Waals surface area contributed by atoms with Gasteiger partial charge in [-0.05, 0) is 19.0 Å². The molecule has 20 heavy (non-hydrogen) atoms. The van der Waals surface area contributed by atoms with Crippen LogP contribution in [0, 0.1) is 0 Å². The van der Waals surface area contributed by atoms with E-state index >= 15 is 0 Å². The molecule has 110 valence electrons. The van der Waals surface area contributed by atoms with Crippen LogP contribution < -0.4 is 0 Å². The van der Waals surface area contributed by atoms with Crippen LogP contribution in [-0.2, 0) is 4.84 Å². The predicted molar refractivity (Wildman–Crippen MR) is 80.9 cm³/mol. The lowest BCUT2D eigenvalue weighted by Gasteiger charge is -2.22. The Morgan fingerprint density at radius 1 is 1.40 bits per heavy atom. The summed E-state index contributed by atoms with van der Waals surface area (Å²) >= 11 is 0. The molecule has 4 heteroatoms. The molecule has 4 nitrogen and oxygen atoms in total. The van der Waals surface area contributed by atoms with Gasteiger partial charge in [0.1, 0.15) is 6.10 Å². The van der Waals surface area contributed by atoms with E-state index in [-0.39, 0.29) is 12.2 Å². The zero-order valence-corrected chi connectivity index (χ0v) is 12.3. The maximum absolute atomic E-state index is 9.81. The Balaban J connectivity index is 1.77. The fourth-order valence-corrected chi connectivity index (χ4v) is 2.53. The molecule has 0 fully saturated rings. The minimum atomic E-state index is -0.249. The summed E-state index contributed by atoms with van der Waals surface area (Å²) in [5, 5.41) is 14.0. The van der Waals surface area contributed by atoms with E-state index in [0.29, 0.717) is 6.54 Å². The number of benzene rings is 1. The number of nitrogens with zero attached hydrogens (tertiary/aromatic N) is 2. The predicted octanol–water partition coefficient (Wildman–Crippen LogP) is 2.27. The lowest BCUT2D eigenvalue weighted by atomic mass is 10.0. The van der Waals surface area contributed by atoms with Crippen LogP contribution in [0.2, 0.25) is 0 Å². The summed E-state index contributed by atoms with van der Waals surface area (Å²) in [6.07, 6.45) is 2.53. The van der Waals surface area contributed by atoms with E-state index in [4.69, 9.17) is 4.84 Å². The Hall–Kier alpha value is -1.39.